The van der Waals surface area contributed by atoms with Crippen molar-refractivity contribution in [2.75, 3.05) is 26.2 Å². The molecule has 2 unspecified atom stereocenters. The molecule has 304 valence electrons. The minimum absolute atomic E-state index is 0. The van der Waals surface area contributed by atoms with E-state index in [-0.39, 0.29) is 72.0 Å². The normalized spacial score (nSPS) is 16.1. The molecule has 4 aromatic rings. The number of urea groups is 1. The number of nitrogens with one attached hydrogen (secondary N) is 1. The molecule has 1 aliphatic carbocycles. The third-order valence-electron chi connectivity index (χ3n) is 9.91. The van der Waals surface area contributed by atoms with Gasteiger partial charge in [-0.05, 0) is 49.4 Å². The molecule has 14 nitrogen and oxygen atoms in total. The monoisotopic (exact) mass is 822 g/mol. The summed E-state index contributed by atoms with van der Waals surface area (Å²) in [4.78, 5) is 74.5. The van der Waals surface area contributed by atoms with Gasteiger partial charge in [-0.2, -0.15) is 0 Å². The van der Waals surface area contributed by atoms with Gasteiger partial charge in [0.1, 0.15) is 18.5 Å². The SMILES string of the molecule is C=CCN(CC)N(C(=O)NCc1ccccc1)C1CN(Cc2cccc3c(C(=O)C4CC4)cn(CCCC)c23)C(=O)CN1C=O.Cc1ccc(OP(=O)([O-])O)cc1.[Na+]. The van der Waals surface area contributed by atoms with Crippen molar-refractivity contribution < 1.29 is 67.6 Å². The van der Waals surface area contributed by atoms with E-state index >= 15 is 0 Å². The summed E-state index contributed by atoms with van der Waals surface area (Å²) in [5.74, 6) is 0.213. The number of fused-ring (bicyclic) bond motifs is 1. The van der Waals surface area contributed by atoms with Crippen molar-refractivity contribution in [1.82, 2.24) is 29.7 Å². The maximum Gasteiger partial charge on any atom is 1.00 e. The molecule has 0 radical (unpaired) electrons. The van der Waals surface area contributed by atoms with Gasteiger partial charge in [0.25, 0.3) is 0 Å². The standard InChI is InChI=1S/C35H44N6O4.C7H9O4P.Na/c1-4-7-19-37-22-30(34(44)27-16-17-27)29-15-11-14-28(33(29)37)21-38-23-31(39(25-42)24-32(38)43)41(40(6-3)18-5-2)35(45)36-20-26-12-9-8-10-13-26;1-6-2-4-7(5-3-6)11-12(8,9)10;/h5,8-15,22,25,27,31H,2,4,6-7,16-21,23-24H2,1,3H3,(H,36,45);2-5H,1H3,(H2,8,9,10);/q;;+1/p-1. The Morgan fingerprint density at radius 2 is 1.78 bits per heavy atom. The second-order valence-corrected chi connectivity index (χ2v) is 15.3. The van der Waals surface area contributed by atoms with Crippen LogP contribution in [0.2, 0.25) is 0 Å². The van der Waals surface area contributed by atoms with Crippen LogP contribution in [0.15, 0.2) is 91.6 Å². The summed E-state index contributed by atoms with van der Waals surface area (Å²) >= 11 is 0. The third-order valence-corrected chi connectivity index (χ3v) is 10.4. The Morgan fingerprint density at radius 1 is 1.07 bits per heavy atom. The number of benzene rings is 3. The van der Waals surface area contributed by atoms with Gasteiger partial charge < -0.3 is 34.0 Å². The van der Waals surface area contributed by atoms with Gasteiger partial charge in [0.2, 0.25) is 12.3 Å². The van der Waals surface area contributed by atoms with Crippen LogP contribution in [0.3, 0.4) is 0 Å². The van der Waals surface area contributed by atoms with Crippen LogP contribution in [0, 0.1) is 12.8 Å². The van der Waals surface area contributed by atoms with Crippen LogP contribution in [0.4, 0.5) is 4.79 Å². The molecule has 2 aliphatic rings. The van der Waals surface area contributed by atoms with Gasteiger partial charge in [-0.25, -0.2) is 14.8 Å². The molecule has 58 heavy (non-hydrogen) atoms. The second-order valence-electron chi connectivity index (χ2n) is 14.2. The van der Waals surface area contributed by atoms with E-state index in [1.54, 1.807) is 28.1 Å². The fourth-order valence-electron chi connectivity index (χ4n) is 6.84. The number of nitrogens with zero attached hydrogens (tertiary/aromatic N) is 5. The first-order valence-electron chi connectivity index (χ1n) is 19.3. The molecule has 2 fully saturated rings. The van der Waals surface area contributed by atoms with Crippen molar-refractivity contribution in [2.24, 2.45) is 5.92 Å². The van der Waals surface area contributed by atoms with E-state index in [0.29, 0.717) is 32.6 Å². The van der Waals surface area contributed by atoms with Crippen molar-refractivity contribution in [1.29, 1.82) is 0 Å². The van der Waals surface area contributed by atoms with E-state index in [0.717, 1.165) is 65.4 Å². The zero-order valence-electron chi connectivity index (χ0n) is 33.8. The molecule has 4 amide bonds. The molecule has 1 aromatic heterocycles. The van der Waals surface area contributed by atoms with Gasteiger partial charge in [0.15, 0.2) is 5.78 Å². The Balaban J connectivity index is 0.000000492. The molecule has 16 heteroatoms. The molecule has 3 aromatic carbocycles. The molecular formula is C42H52N6NaO8P. The average Bonchev–Trinajstić information content (AvgIpc) is 3.98. The van der Waals surface area contributed by atoms with Crippen LogP contribution in [-0.4, -0.2) is 85.8 Å². The molecule has 2 N–H and O–H groups in total. The van der Waals surface area contributed by atoms with Gasteiger partial charge in [-0.1, -0.05) is 92.6 Å². The number of amides is 4. The van der Waals surface area contributed by atoms with E-state index in [1.807, 2.05) is 73.6 Å². The van der Waals surface area contributed by atoms with Crippen molar-refractivity contribution in [3.05, 3.63) is 114 Å². The molecular weight excluding hydrogens is 770 g/mol. The Labute approximate surface area is 362 Å². The first-order valence-corrected chi connectivity index (χ1v) is 20.8. The van der Waals surface area contributed by atoms with E-state index in [4.69, 9.17) is 4.89 Å². The number of piperazine rings is 1. The number of Topliss-reactive ketones (excluding diaryl/α,β-unsaturated/α-hetero) is 1. The molecule has 6 rings (SSSR count). The molecule has 2 atom stereocenters. The molecule has 0 spiro atoms. The Morgan fingerprint density at radius 3 is 2.38 bits per heavy atom. The molecule has 1 saturated carbocycles. The number of para-hydroxylation sites is 1. The summed E-state index contributed by atoms with van der Waals surface area (Å²) < 4.78 is 16.6. The number of phosphoric acid groups is 1. The fraction of sp³-hybridized carbons (Fsp3) is 0.381. The van der Waals surface area contributed by atoms with Crippen LogP contribution in [-0.2, 0) is 33.8 Å². The van der Waals surface area contributed by atoms with Crippen molar-refractivity contribution in [3.8, 4) is 5.75 Å². The van der Waals surface area contributed by atoms with E-state index < -0.39 is 14.0 Å². The molecule has 2 heterocycles. The largest absolute Gasteiger partial charge is 1.00 e. The van der Waals surface area contributed by atoms with Crippen LogP contribution in [0.25, 0.3) is 10.9 Å². The summed E-state index contributed by atoms with van der Waals surface area (Å²) in [6.07, 6.45) is 7.48. The Bertz CT molecular complexity index is 2070. The minimum atomic E-state index is -4.65. The van der Waals surface area contributed by atoms with Crippen molar-refractivity contribution >= 4 is 42.9 Å². The van der Waals surface area contributed by atoms with Gasteiger partial charge in [-0.3, -0.25) is 18.9 Å². The number of unbranched alkanes of at least 4 members (excludes halogenated alkanes) is 1. The number of carbonyl (C=O) groups is 4. The average molecular weight is 823 g/mol. The predicted octanol–water partition coefficient (Wildman–Crippen LogP) is 2.63. The smallest absolute Gasteiger partial charge is 0.746 e. The zero-order chi connectivity index (χ0) is 41.1. The summed E-state index contributed by atoms with van der Waals surface area (Å²) in [5.41, 5.74) is 4.59. The Kier molecular flexibility index (Phi) is 17.3. The number of aromatic nitrogens is 1. The van der Waals surface area contributed by atoms with Crippen LogP contribution in [0.5, 0.6) is 5.75 Å². The van der Waals surface area contributed by atoms with Crippen molar-refractivity contribution in [2.45, 2.75) is 72.3 Å². The first kappa shape index (κ1) is 46.4. The third kappa shape index (κ3) is 12.4. The summed E-state index contributed by atoms with van der Waals surface area (Å²) in [6, 6.07) is 21.5. The molecule has 1 saturated heterocycles. The van der Waals surface area contributed by atoms with Gasteiger partial charge in [0, 0.05) is 55.8 Å². The number of hydrogen-bond acceptors (Lipinski definition) is 8. The number of likely N-dealkylation sites (N-methyl/N-ethyl adjacent to an activating group) is 1. The second kappa shape index (κ2) is 21.7. The number of phosphoric ester groups is 1. The van der Waals surface area contributed by atoms with Gasteiger partial charge >= 0.3 is 43.4 Å². The maximum atomic E-state index is 13.8. The number of carbonyl (C=O) groups excluding carboxylic acids is 4. The number of hydrogen-bond donors (Lipinski definition) is 2. The van der Waals surface area contributed by atoms with Crippen molar-refractivity contribution in [3.63, 3.8) is 0 Å². The predicted molar refractivity (Wildman–Crippen MR) is 215 cm³/mol. The van der Waals surface area contributed by atoms with E-state index in [2.05, 4.69) is 27.9 Å². The van der Waals surface area contributed by atoms with Crippen LogP contribution < -0.4 is 44.3 Å². The first-order chi connectivity index (χ1) is 27.4. The summed E-state index contributed by atoms with van der Waals surface area (Å²) in [6.45, 7) is 12.0. The number of hydrazine groups is 1. The number of rotatable bonds is 17. The van der Waals surface area contributed by atoms with E-state index in [9.17, 15) is 28.6 Å². The summed E-state index contributed by atoms with van der Waals surface area (Å²) in [7, 11) is -4.65. The molecule has 1 aliphatic heterocycles. The zero-order valence-corrected chi connectivity index (χ0v) is 36.7. The topological polar surface area (TPSA) is 168 Å². The summed E-state index contributed by atoms with van der Waals surface area (Å²) in [5, 5.41) is 7.30. The molecule has 0 bridgehead atoms. The minimum Gasteiger partial charge on any atom is -0.746 e. The van der Waals surface area contributed by atoms with Crippen LogP contribution >= 0.6 is 7.82 Å². The van der Waals surface area contributed by atoms with Crippen LogP contribution in [0.1, 0.15) is 66.6 Å². The number of aryl methyl sites for hydroxylation is 2. The van der Waals surface area contributed by atoms with Gasteiger partial charge in [0.05, 0.1) is 12.1 Å². The quantitative estimate of drug-likeness (QED) is 0.0407. The van der Waals surface area contributed by atoms with Gasteiger partial charge in [-0.15, -0.1) is 6.58 Å². The Hall–Kier alpha value is -4.27. The fourth-order valence-corrected chi connectivity index (χ4v) is 7.23. The van der Waals surface area contributed by atoms with E-state index in [1.165, 1.54) is 17.0 Å². The number of ketones is 1. The maximum absolute atomic E-state index is 13.8.